The van der Waals surface area contributed by atoms with Crippen molar-refractivity contribution in [3.05, 3.63) is 0 Å². The summed E-state index contributed by atoms with van der Waals surface area (Å²) in [5, 5.41) is 10.9. The van der Waals surface area contributed by atoms with E-state index >= 15 is 0 Å². The third-order valence-electron chi connectivity index (χ3n) is 0.666. The molecule has 0 saturated carbocycles. The number of carboxylic acids is 1. The number of nitrogens with one attached hydrogen (secondary N) is 1. The van der Waals surface area contributed by atoms with Gasteiger partial charge in [-0.05, 0) is 0 Å². The number of hydrogen-bond acceptors (Lipinski definition) is 4. The highest BCUT2D eigenvalue weighted by molar-refractivity contribution is 7.99. The van der Waals surface area contributed by atoms with Crippen LogP contribution in [0.3, 0.4) is 0 Å². The number of carboxylic acid groups (broad SMARTS) is 1. The summed E-state index contributed by atoms with van der Waals surface area (Å²) in [6.07, 6.45) is 0.109. The fourth-order valence-electron chi connectivity index (χ4n) is 0.308. The Hall–Kier alpha value is 0.130. The summed E-state index contributed by atoms with van der Waals surface area (Å²) in [5.74, 6) is -0.815. The second-order valence-corrected chi connectivity index (χ2v) is 2.91. The smallest absolute Gasteiger partial charge is 0.304 e. The van der Waals surface area contributed by atoms with Crippen molar-refractivity contribution in [2.75, 3.05) is 6.54 Å². The molecule has 0 spiro atoms. The molecule has 3 nitrogen and oxygen atoms in total. The number of rotatable bonds is 4. The molecule has 0 aliphatic carbocycles. The molecule has 0 heterocycles. The summed E-state index contributed by atoms with van der Waals surface area (Å²) in [5.41, 5.74) is 0. The Labute approximate surface area is 64.6 Å². The molecule has 0 rings (SSSR count). The molecule has 0 radical (unpaired) electrons. The van der Waals surface area contributed by atoms with Crippen LogP contribution < -0.4 is 5.32 Å². The zero-order valence-electron chi connectivity index (χ0n) is 4.74. The molecule has 0 aliphatic rings. The van der Waals surface area contributed by atoms with Crippen molar-refractivity contribution in [3.8, 4) is 0 Å². The minimum absolute atomic E-state index is 0.109. The van der Waals surface area contributed by atoms with E-state index in [4.69, 9.17) is 5.11 Å². The Balaban J connectivity index is 3.01. The molecule has 0 aromatic heterocycles. The second kappa shape index (κ2) is 4.96. The lowest BCUT2D eigenvalue weighted by Crippen LogP contribution is -2.21. The molecule has 0 bridgehead atoms. The van der Waals surface area contributed by atoms with Crippen LogP contribution in [0.2, 0.25) is 0 Å². The number of carbonyl (C=O) groups is 1. The van der Waals surface area contributed by atoms with E-state index in [1.807, 2.05) is 0 Å². The van der Waals surface area contributed by atoms with Crippen LogP contribution in [0.5, 0.6) is 0 Å². The third-order valence-corrected chi connectivity index (χ3v) is 1.03. The summed E-state index contributed by atoms with van der Waals surface area (Å²) >= 11 is 7.72. The van der Waals surface area contributed by atoms with Gasteiger partial charge in [-0.2, -0.15) is 0 Å². The Morgan fingerprint density at radius 3 is 2.56 bits per heavy atom. The van der Waals surface area contributed by atoms with Gasteiger partial charge in [0.05, 0.1) is 11.1 Å². The van der Waals surface area contributed by atoms with E-state index in [9.17, 15) is 4.79 Å². The van der Waals surface area contributed by atoms with E-state index in [0.717, 1.165) is 0 Å². The fourth-order valence-corrected chi connectivity index (χ4v) is 0.566. The lowest BCUT2D eigenvalue weighted by Gasteiger charge is -2.02. The number of aliphatic carboxylic acids is 1. The van der Waals surface area contributed by atoms with Crippen LogP contribution in [0.1, 0.15) is 6.42 Å². The summed E-state index contributed by atoms with van der Waals surface area (Å²) in [7, 11) is 0. The van der Waals surface area contributed by atoms with Crippen LogP contribution >= 0.6 is 25.3 Å². The lowest BCUT2D eigenvalue weighted by molar-refractivity contribution is -0.136. The van der Waals surface area contributed by atoms with Crippen molar-refractivity contribution >= 4 is 31.2 Å². The molecule has 54 valence electrons. The molecule has 0 fully saturated rings. The first kappa shape index (κ1) is 9.13. The van der Waals surface area contributed by atoms with Crippen LogP contribution in [0.4, 0.5) is 0 Å². The standard InChI is InChI=1S/C4H9NO2S2/c6-3(7)1-2-5-4(8)9/h4-5,8-9H,1-2H2,(H,6,7). The molecule has 0 aromatic rings. The van der Waals surface area contributed by atoms with Gasteiger partial charge in [0.15, 0.2) is 0 Å². The van der Waals surface area contributed by atoms with Gasteiger partial charge in [-0.25, -0.2) is 0 Å². The molecule has 2 N–H and O–H groups in total. The maximum atomic E-state index is 9.89. The second-order valence-electron chi connectivity index (χ2n) is 1.47. The third kappa shape index (κ3) is 8.13. The molecule has 0 aliphatic heterocycles. The molecule has 0 aromatic carbocycles. The molecule has 0 unspecified atom stereocenters. The zero-order chi connectivity index (χ0) is 7.28. The van der Waals surface area contributed by atoms with Crippen LogP contribution in [0, 0.1) is 0 Å². The monoisotopic (exact) mass is 167 g/mol. The summed E-state index contributed by atoms with van der Waals surface area (Å²) in [6.45, 7) is 0.410. The van der Waals surface area contributed by atoms with Crippen molar-refractivity contribution in [2.45, 2.75) is 11.1 Å². The van der Waals surface area contributed by atoms with E-state index in [2.05, 4.69) is 30.6 Å². The van der Waals surface area contributed by atoms with E-state index in [0.29, 0.717) is 6.54 Å². The van der Waals surface area contributed by atoms with E-state index in [1.54, 1.807) is 0 Å². The normalized spacial score (nSPS) is 10.1. The van der Waals surface area contributed by atoms with Crippen LogP contribution in [-0.4, -0.2) is 22.3 Å². The van der Waals surface area contributed by atoms with Crippen molar-refractivity contribution in [2.24, 2.45) is 0 Å². The van der Waals surface area contributed by atoms with Crippen molar-refractivity contribution < 1.29 is 9.90 Å². The van der Waals surface area contributed by atoms with Gasteiger partial charge in [0.2, 0.25) is 0 Å². The molecular weight excluding hydrogens is 158 g/mol. The Bertz CT molecular complexity index is 96.6. The first-order valence-electron chi connectivity index (χ1n) is 2.44. The average molecular weight is 167 g/mol. The highest BCUT2D eigenvalue weighted by atomic mass is 32.2. The van der Waals surface area contributed by atoms with Gasteiger partial charge in [0, 0.05) is 6.54 Å². The number of hydrogen-bond donors (Lipinski definition) is 4. The van der Waals surface area contributed by atoms with Crippen molar-refractivity contribution in [1.82, 2.24) is 5.32 Å². The van der Waals surface area contributed by atoms with Gasteiger partial charge >= 0.3 is 5.97 Å². The molecule has 5 heteroatoms. The molecular formula is C4H9NO2S2. The van der Waals surface area contributed by atoms with Crippen LogP contribution in [0.15, 0.2) is 0 Å². The van der Waals surface area contributed by atoms with Gasteiger partial charge in [-0.15, -0.1) is 25.3 Å². The predicted octanol–water partition coefficient (Wildman–Crippen LogP) is 0.194. The topological polar surface area (TPSA) is 49.3 Å². The first-order valence-corrected chi connectivity index (χ1v) is 3.47. The van der Waals surface area contributed by atoms with E-state index in [1.165, 1.54) is 0 Å². The molecule has 9 heavy (non-hydrogen) atoms. The summed E-state index contributed by atoms with van der Waals surface area (Å²) in [4.78, 5) is 9.89. The Morgan fingerprint density at radius 2 is 2.22 bits per heavy atom. The van der Waals surface area contributed by atoms with E-state index in [-0.39, 0.29) is 11.1 Å². The predicted molar refractivity (Wildman–Crippen MR) is 42.0 cm³/mol. The maximum Gasteiger partial charge on any atom is 0.304 e. The van der Waals surface area contributed by atoms with Gasteiger partial charge in [-0.3, -0.25) is 10.1 Å². The van der Waals surface area contributed by atoms with Gasteiger partial charge in [0.25, 0.3) is 0 Å². The van der Waals surface area contributed by atoms with Gasteiger partial charge < -0.3 is 5.11 Å². The van der Waals surface area contributed by atoms with Crippen LogP contribution in [0.25, 0.3) is 0 Å². The van der Waals surface area contributed by atoms with Crippen LogP contribution in [-0.2, 0) is 4.79 Å². The highest BCUT2D eigenvalue weighted by Crippen LogP contribution is 1.92. The van der Waals surface area contributed by atoms with Crippen molar-refractivity contribution in [3.63, 3.8) is 0 Å². The minimum atomic E-state index is -0.815. The largest absolute Gasteiger partial charge is 0.481 e. The van der Waals surface area contributed by atoms with Crippen molar-refractivity contribution in [1.29, 1.82) is 0 Å². The lowest BCUT2D eigenvalue weighted by atomic mass is 10.4. The highest BCUT2D eigenvalue weighted by Gasteiger charge is 1.96. The quantitative estimate of drug-likeness (QED) is 0.357. The number of thiol groups is 2. The SMILES string of the molecule is O=C(O)CCNC(S)S. The fraction of sp³-hybridized carbons (Fsp3) is 0.750. The van der Waals surface area contributed by atoms with Gasteiger partial charge in [-0.1, -0.05) is 0 Å². The van der Waals surface area contributed by atoms with Gasteiger partial charge in [0.1, 0.15) is 0 Å². The Morgan fingerprint density at radius 1 is 1.67 bits per heavy atom. The first-order chi connectivity index (χ1) is 4.13. The zero-order valence-corrected chi connectivity index (χ0v) is 6.53. The summed E-state index contributed by atoms with van der Waals surface area (Å²) in [6, 6.07) is 0. The Kier molecular flexibility index (Phi) is 5.03. The molecule has 0 saturated heterocycles. The summed E-state index contributed by atoms with van der Waals surface area (Å²) < 4.78 is -0.232. The average Bonchev–Trinajstić information content (AvgIpc) is 1.63. The minimum Gasteiger partial charge on any atom is -0.481 e. The molecule has 0 atom stereocenters. The maximum absolute atomic E-state index is 9.89. The van der Waals surface area contributed by atoms with E-state index < -0.39 is 5.97 Å². The molecule has 0 amide bonds.